The molecular weight excluding hydrogens is 531 g/mol. The lowest BCUT2D eigenvalue weighted by molar-refractivity contribution is -0.118. The molecule has 0 spiro atoms. The number of aromatic nitrogens is 3. The average Bonchev–Trinajstić information content (AvgIpc) is 3.53. The second kappa shape index (κ2) is 11.0. The van der Waals surface area contributed by atoms with E-state index in [1.807, 2.05) is 47.0 Å². The summed E-state index contributed by atoms with van der Waals surface area (Å²) in [5.41, 5.74) is 3.70. The van der Waals surface area contributed by atoms with E-state index in [2.05, 4.69) is 35.4 Å². The molecule has 10 heteroatoms. The number of amides is 1. The van der Waals surface area contributed by atoms with Gasteiger partial charge in [-0.2, -0.15) is 0 Å². The standard InChI is InChI=1S/C27H24Cl2N4O3S/c1-16(2)19-5-3-4-6-22(19)33-26(20-9-8-18(28)12-21(20)29)31-32-27(33)37-14-25(34)30-13-17-7-10-23-24(11-17)36-15-35-23/h3-12,16H,13-15H2,1-2H3,(H,30,34). The summed E-state index contributed by atoms with van der Waals surface area (Å²) in [4.78, 5) is 12.7. The summed E-state index contributed by atoms with van der Waals surface area (Å²) in [6, 6.07) is 19.0. The molecule has 1 aliphatic rings. The Hall–Kier alpha value is -3.20. The molecule has 7 nitrogen and oxygen atoms in total. The molecule has 0 atom stereocenters. The van der Waals surface area contributed by atoms with Crippen molar-refractivity contribution in [1.82, 2.24) is 20.1 Å². The first-order valence-electron chi connectivity index (χ1n) is 11.7. The van der Waals surface area contributed by atoms with Crippen molar-refractivity contribution in [1.29, 1.82) is 0 Å². The maximum Gasteiger partial charge on any atom is 0.231 e. The quantitative estimate of drug-likeness (QED) is 0.250. The highest BCUT2D eigenvalue weighted by Gasteiger charge is 2.22. The van der Waals surface area contributed by atoms with Gasteiger partial charge >= 0.3 is 0 Å². The molecule has 1 amide bonds. The zero-order valence-corrected chi connectivity index (χ0v) is 22.5. The van der Waals surface area contributed by atoms with Gasteiger partial charge in [-0.1, -0.05) is 73.1 Å². The van der Waals surface area contributed by atoms with Gasteiger partial charge < -0.3 is 14.8 Å². The zero-order chi connectivity index (χ0) is 25.9. The number of fused-ring (bicyclic) bond motifs is 1. The lowest BCUT2D eigenvalue weighted by atomic mass is 10.0. The fourth-order valence-corrected chi connectivity index (χ4v) is 5.31. The molecule has 4 aromatic rings. The van der Waals surface area contributed by atoms with Crippen LogP contribution in [0.2, 0.25) is 10.0 Å². The van der Waals surface area contributed by atoms with E-state index in [-0.39, 0.29) is 24.4 Å². The molecule has 1 aromatic heterocycles. The summed E-state index contributed by atoms with van der Waals surface area (Å²) >= 11 is 14.0. The molecule has 1 aliphatic heterocycles. The van der Waals surface area contributed by atoms with E-state index in [0.29, 0.717) is 44.6 Å². The molecule has 3 aromatic carbocycles. The highest BCUT2D eigenvalue weighted by molar-refractivity contribution is 7.99. The second-order valence-corrected chi connectivity index (χ2v) is 10.5. The van der Waals surface area contributed by atoms with Gasteiger partial charge in [0.15, 0.2) is 22.5 Å². The van der Waals surface area contributed by atoms with Crippen molar-refractivity contribution in [2.75, 3.05) is 12.5 Å². The van der Waals surface area contributed by atoms with Crippen LogP contribution in [0.1, 0.15) is 30.9 Å². The molecule has 0 bridgehead atoms. The van der Waals surface area contributed by atoms with E-state index in [1.165, 1.54) is 11.8 Å². The van der Waals surface area contributed by atoms with Gasteiger partial charge in [-0.3, -0.25) is 9.36 Å². The number of hydrogen-bond donors (Lipinski definition) is 1. The molecule has 37 heavy (non-hydrogen) atoms. The van der Waals surface area contributed by atoms with Crippen molar-refractivity contribution >= 4 is 40.9 Å². The van der Waals surface area contributed by atoms with Crippen LogP contribution in [-0.2, 0) is 11.3 Å². The summed E-state index contributed by atoms with van der Waals surface area (Å²) < 4.78 is 12.7. The number of carbonyl (C=O) groups is 1. The zero-order valence-electron chi connectivity index (χ0n) is 20.2. The summed E-state index contributed by atoms with van der Waals surface area (Å²) in [5.74, 6) is 2.28. The molecule has 0 saturated carbocycles. The van der Waals surface area contributed by atoms with Crippen molar-refractivity contribution in [3.8, 4) is 28.6 Å². The number of halogens is 2. The van der Waals surface area contributed by atoms with Gasteiger partial charge in [0.25, 0.3) is 0 Å². The number of rotatable bonds is 8. The van der Waals surface area contributed by atoms with E-state index in [9.17, 15) is 4.79 Å². The number of hydrogen-bond acceptors (Lipinski definition) is 6. The fourth-order valence-electron chi connectivity index (χ4n) is 4.04. The van der Waals surface area contributed by atoms with Crippen LogP contribution < -0.4 is 14.8 Å². The van der Waals surface area contributed by atoms with Crippen LogP contribution in [0.15, 0.2) is 65.8 Å². The van der Waals surface area contributed by atoms with Gasteiger partial charge in [-0.15, -0.1) is 10.2 Å². The summed E-state index contributed by atoms with van der Waals surface area (Å²) in [6.07, 6.45) is 0. The summed E-state index contributed by atoms with van der Waals surface area (Å²) in [6.45, 7) is 4.86. The topological polar surface area (TPSA) is 78.3 Å². The van der Waals surface area contributed by atoms with Gasteiger partial charge in [0.1, 0.15) is 0 Å². The number of carbonyl (C=O) groups excluding carboxylic acids is 1. The van der Waals surface area contributed by atoms with Crippen molar-refractivity contribution in [2.45, 2.75) is 31.5 Å². The molecule has 0 saturated heterocycles. The van der Waals surface area contributed by atoms with Crippen LogP contribution in [-0.4, -0.2) is 33.2 Å². The lowest BCUT2D eigenvalue weighted by Crippen LogP contribution is -2.24. The SMILES string of the molecule is CC(C)c1ccccc1-n1c(SCC(=O)NCc2ccc3c(c2)OCO3)nnc1-c1ccc(Cl)cc1Cl. The molecular formula is C27H24Cl2N4O3S. The minimum absolute atomic E-state index is 0.125. The second-order valence-electron chi connectivity index (χ2n) is 8.73. The number of nitrogens with one attached hydrogen (secondary N) is 1. The fraction of sp³-hybridized carbons (Fsp3) is 0.222. The molecule has 190 valence electrons. The van der Waals surface area contributed by atoms with Crippen molar-refractivity contribution in [2.24, 2.45) is 0 Å². The molecule has 5 rings (SSSR count). The summed E-state index contributed by atoms with van der Waals surface area (Å²) in [5, 5.41) is 13.5. The first kappa shape index (κ1) is 25.4. The molecule has 0 fully saturated rings. The van der Waals surface area contributed by atoms with E-state index < -0.39 is 0 Å². The van der Waals surface area contributed by atoms with Crippen LogP contribution >= 0.6 is 35.0 Å². The van der Waals surface area contributed by atoms with Crippen LogP contribution in [0.4, 0.5) is 0 Å². The van der Waals surface area contributed by atoms with E-state index in [4.69, 9.17) is 32.7 Å². The Bertz CT molecular complexity index is 1460. The van der Waals surface area contributed by atoms with Gasteiger partial charge in [-0.25, -0.2) is 0 Å². The highest BCUT2D eigenvalue weighted by Crippen LogP contribution is 2.36. The Balaban J connectivity index is 1.39. The van der Waals surface area contributed by atoms with Crippen LogP contribution in [0.3, 0.4) is 0 Å². The summed E-state index contributed by atoms with van der Waals surface area (Å²) in [7, 11) is 0. The first-order valence-corrected chi connectivity index (χ1v) is 13.4. The van der Waals surface area contributed by atoms with Crippen molar-refractivity contribution < 1.29 is 14.3 Å². The molecule has 1 N–H and O–H groups in total. The maximum absolute atomic E-state index is 12.7. The van der Waals surface area contributed by atoms with E-state index in [1.54, 1.807) is 12.1 Å². The van der Waals surface area contributed by atoms with Gasteiger partial charge in [0.05, 0.1) is 16.5 Å². The predicted octanol–water partition coefficient (Wildman–Crippen LogP) is 6.50. The third-order valence-corrected chi connectivity index (χ3v) is 7.34. The normalized spacial score (nSPS) is 12.2. The minimum Gasteiger partial charge on any atom is -0.454 e. The monoisotopic (exact) mass is 554 g/mol. The Labute approximate surface area is 229 Å². The smallest absolute Gasteiger partial charge is 0.231 e. The Morgan fingerprint density at radius 3 is 2.68 bits per heavy atom. The first-order chi connectivity index (χ1) is 17.9. The largest absolute Gasteiger partial charge is 0.454 e. The predicted molar refractivity (Wildman–Crippen MR) is 146 cm³/mol. The average molecular weight is 555 g/mol. The number of benzene rings is 3. The van der Waals surface area contributed by atoms with E-state index in [0.717, 1.165) is 16.8 Å². The molecule has 2 heterocycles. The van der Waals surface area contributed by atoms with Crippen molar-refractivity contribution in [3.63, 3.8) is 0 Å². The number of para-hydroxylation sites is 1. The van der Waals surface area contributed by atoms with Crippen LogP contribution in [0.5, 0.6) is 11.5 Å². The number of nitrogens with zero attached hydrogens (tertiary/aromatic N) is 3. The van der Waals surface area contributed by atoms with Gasteiger partial charge in [0, 0.05) is 17.1 Å². The Morgan fingerprint density at radius 1 is 1.05 bits per heavy atom. The van der Waals surface area contributed by atoms with E-state index >= 15 is 0 Å². The van der Waals surface area contributed by atoms with Gasteiger partial charge in [-0.05, 0) is 53.4 Å². The van der Waals surface area contributed by atoms with Crippen LogP contribution in [0, 0.1) is 0 Å². The molecule has 0 aliphatic carbocycles. The molecule has 0 radical (unpaired) electrons. The lowest BCUT2D eigenvalue weighted by Gasteiger charge is -2.17. The van der Waals surface area contributed by atoms with Crippen molar-refractivity contribution in [3.05, 3.63) is 81.8 Å². The third-order valence-electron chi connectivity index (χ3n) is 5.86. The molecule has 0 unspecified atom stereocenters. The maximum atomic E-state index is 12.7. The minimum atomic E-state index is -0.125. The van der Waals surface area contributed by atoms with Crippen LogP contribution in [0.25, 0.3) is 17.1 Å². The Kier molecular flexibility index (Phi) is 7.60. The highest BCUT2D eigenvalue weighted by atomic mass is 35.5. The number of thioether (sulfide) groups is 1. The van der Waals surface area contributed by atoms with Gasteiger partial charge in [0.2, 0.25) is 12.7 Å². The Morgan fingerprint density at radius 2 is 1.86 bits per heavy atom. The number of ether oxygens (including phenoxy) is 2. The third kappa shape index (κ3) is 5.56.